The van der Waals surface area contributed by atoms with E-state index in [1.165, 1.54) is 22.9 Å². The third-order valence-corrected chi connectivity index (χ3v) is 5.07. The Morgan fingerprint density at radius 2 is 2.14 bits per heavy atom. The van der Waals surface area contributed by atoms with Crippen molar-refractivity contribution < 1.29 is 19.2 Å². The molecule has 0 bridgehead atoms. The van der Waals surface area contributed by atoms with Gasteiger partial charge in [-0.15, -0.1) is 0 Å². The Kier molecular flexibility index (Phi) is 6.42. The van der Waals surface area contributed by atoms with E-state index in [9.17, 15) is 19.5 Å². The highest BCUT2D eigenvalue weighted by Gasteiger charge is 2.34. The summed E-state index contributed by atoms with van der Waals surface area (Å²) in [6, 6.07) is 2.22. The second-order valence-electron chi connectivity index (χ2n) is 7.29. The number of rotatable bonds is 6. The van der Waals surface area contributed by atoms with Gasteiger partial charge < -0.3 is 24.8 Å². The summed E-state index contributed by atoms with van der Waals surface area (Å²) < 4.78 is 6.20. The molecule has 3 rings (SSSR count). The zero-order valence-electron chi connectivity index (χ0n) is 16.4. The van der Waals surface area contributed by atoms with E-state index >= 15 is 0 Å². The first kappa shape index (κ1) is 20.7. The number of aryl methyl sites for hydroxylation is 2. The molecule has 1 aliphatic carbocycles. The van der Waals surface area contributed by atoms with Crippen LogP contribution >= 0.6 is 0 Å². The Balaban J connectivity index is 1.53. The number of aromatic nitrogens is 3. The molecule has 2 aromatic heterocycles. The number of amides is 2. The molecule has 0 spiro atoms. The molecule has 1 saturated carbocycles. The molecule has 10 nitrogen and oxygen atoms in total. The highest BCUT2D eigenvalue weighted by molar-refractivity contribution is 5.94. The van der Waals surface area contributed by atoms with Crippen LogP contribution in [-0.4, -0.2) is 50.3 Å². The van der Waals surface area contributed by atoms with Gasteiger partial charge in [-0.1, -0.05) is 5.16 Å². The third kappa shape index (κ3) is 5.29. The summed E-state index contributed by atoms with van der Waals surface area (Å²) in [7, 11) is 1.56. The van der Waals surface area contributed by atoms with Crippen molar-refractivity contribution in [2.45, 2.75) is 44.8 Å². The normalized spacial score (nSPS) is 21.6. The van der Waals surface area contributed by atoms with Crippen molar-refractivity contribution in [3.05, 3.63) is 46.0 Å². The van der Waals surface area contributed by atoms with E-state index < -0.39 is 18.1 Å². The maximum absolute atomic E-state index is 12.5. The van der Waals surface area contributed by atoms with E-state index in [4.69, 9.17) is 4.52 Å². The molecular formula is C19H25N5O5. The van der Waals surface area contributed by atoms with Gasteiger partial charge in [0.1, 0.15) is 0 Å². The highest BCUT2D eigenvalue weighted by atomic mass is 16.5. The zero-order valence-corrected chi connectivity index (χ0v) is 16.4. The van der Waals surface area contributed by atoms with Crippen molar-refractivity contribution in [1.82, 2.24) is 25.3 Å². The zero-order chi connectivity index (χ0) is 21.0. The molecule has 29 heavy (non-hydrogen) atoms. The second-order valence-corrected chi connectivity index (χ2v) is 7.29. The summed E-state index contributed by atoms with van der Waals surface area (Å²) in [5.74, 6) is 0.182. The molecule has 0 unspecified atom stereocenters. The van der Waals surface area contributed by atoms with Gasteiger partial charge in [-0.3, -0.25) is 14.4 Å². The number of carbonyl (C=O) groups excluding carboxylic acids is 2. The highest BCUT2D eigenvalue weighted by Crippen LogP contribution is 2.25. The van der Waals surface area contributed by atoms with Gasteiger partial charge in [0.2, 0.25) is 17.4 Å². The molecule has 10 heteroatoms. The van der Waals surface area contributed by atoms with Crippen LogP contribution in [0.5, 0.6) is 0 Å². The number of nitrogens with one attached hydrogen (secondary N) is 2. The quantitative estimate of drug-likeness (QED) is 0.601. The van der Waals surface area contributed by atoms with Crippen molar-refractivity contribution in [3.63, 3.8) is 0 Å². The molecule has 1 fully saturated rings. The number of pyridine rings is 1. The molecular weight excluding hydrogens is 378 g/mol. The van der Waals surface area contributed by atoms with Crippen LogP contribution in [0, 0.1) is 12.8 Å². The number of hydrogen-bond acceptors (Lipinski definition) is 7. The lowest BCUT2D eigenvalue weighted by Gasteiger charge is -2.33. The monoisotopic (exact) mass is 403 g/mol. The molecule has 3 N–H and O–H groups in total. The van der Waals surface area contributed by atoms with E-state index in [0.717, 1.165) is 0 Å². The molecule has 0 aromatic carbocycles. The fraction of sp³-hybridized carbons (Fsp3) is 0.526. The number of nitrogens with zero attached hydrogens (tertiary/aromatic N) is 3. The number of hydrogen-bond donors (Lipinski definition) is 3. The van der Waals surface area contributed by atoms with Gasteiger partial charge in [0.05, 0.1) is 17.7 Å². The minimum absolute atomic E-state index is 0.126. The van der Waals surface area contributed by atoms with Crippen LogP contribution in [0.1, 0.15) is 41.3 Å². The second kappa shape index (κ2) is 8.99. The Bertz CT molecular complexity index is 937. The standard InChI is InChI=1S/C19H25N5O5/c1-11-21-16(23-29-11)7-8-20-18(27)12-3-5-15(25)14(9-12)22-19(28)13-4-6-17(26)24(2)10-13/h4,6,10,12,14-15,25H,3,5,7-9H2,1-2H3,(H,20,27)(H,22,28)/t12-,14+,15+/m0/s1. The van der Waals surface area contributed by atoms with Gasteiger partial charge in [-0.25, -0.2) is 0 Å². The van der Waals surface area contributed by atoms with Gasteiger partial charge >= 0.3 is 0 Å². The molecule has 0 saturated heterocycles. The number of aliphatic hydroxyl groups excluding tert-OH is 1. The van der Waals surface area contributed by atoms with E-state index in [-0.39, 0.29) is 17.4 Å². The predicted octanol–water partition coefficient (Wildman–Crippen LogP) is -0.305. The van der Waals surface area contributed by atoms with E-state index in [0.29, 0.717) is 49.5 Å². The van der Waals surface area contributed by atoms with Crippen molar-refractivity contribution in [3.8, 4) is 0 Å². The van der Waals surface area contributed by atoms with Gasteiger partial charge in [0.15, 0.2) is 5.82 Å². The van der Waals surface area contributed by atoms with Crippen LogP contribution in [0.3, 0.4) is 0 Å². The average molecular weight is 403 g/mol. The Morgan fingerprint density at radius 1 is 1.34 bits per heavy atom. The summed E-state index contributed by atoms with van der Waals surface area (Å²) in [4.78, 5) is 40.5. The first-order valence-electron chi connectivity index (χ1n) is 9.56. The number of aliphatic hydroxyl groups is 1. The van der Waals surface area contributed by atoms with Gasteiger partial charge in [-0.2, -0.15) is 4.98 Å². The lowest BCUT2D eigenvalue weighted by molar-refractivity contribution is -0.127. The molecule has 156 valence electrons. The summed E-state index contributed by atoms with van der Waals surface area (Å²) in [5, 5.41) is 19.7. The van der Waals surface area contributed by atoms with Crippen LogP contribution in [0.2, 0.25) is 0 Å². The maximum Gasteiger partial charge on any atom is 0.253 e. The lowest BCUT2D eigenvalue weighted by Crippen LogP contribution is -2.49. The smallest absolute Gasteiger partial charge is 0.253 e. The van der Waals surface area contributed by atoms with Crippen LogP contribution in [0.4, 0.5) is 0 Å². The predicted molar refractivity (Wildman–Crippen MR) is 102 cm³/mol. The Labute approximate surface area is 167 Å². The van der Waals surface area contributed by atoms with Crippen LogP contribution in [0.15, 0.2) is 27.6 Å². The lowest BCUT2D eigenvalue weighted by atomic mass is 9.83. The van der Waals surface area contributed by atoms with Crippen LogP contribution in [0.25, 0.3) is 0 Å². The van der Waals surface area contributed by atoms with E-state index in [2.05, 4.69) is 20.8 Å². The topological polar surface area (TPSA) is 139 Å². The largest absolute Gasteiger partial charge is 0.391 e. The third-order valence-electron chi connectivity index (χ3n) is 5.07. The molecule has 2 heterocycles. The van der Waals surface area contributed by atoms with Gasteiger partial charge in [0.25, 0.3) is 5.91 Å². The van der Waals surface area contributed by atoms with Crippen LogP contribution in [-0.2, 0) is 18.3 Å². The first-order chi connectivity index (χ1) is 13.8. The van der Waals surface area contributed by atoms with E-state index in [1.807, 2.05) is 0 Å². The van der Waals surface area contributed by atoms with E-state index in [1.54, 1.807) is 14.0 Å². The molecule has 2 aromatic rings. The van der Waals surface area contributed by atoms with Gasteiger partial charge in [0, 0.05) is 45.1 Å². The molecule has 0 aliphatic heterocycles. The first-order valence-corrected chi connectivity index (χ1v) is 9.56. The summed E-state index contributed by atoms with van der Waals surface area (Å²) in [5.41, 5.74) is 0.105. The average Bonchev–Trinajstić information content (AvgIpc) is 3.10. The molecule has 0 radical (unpaired) electrons. The minimum Gasteiger partial charge on any atom is -0.391 e. The Morgan fingerprint density at radius 3 is 2.83 bits per heavy atom. The van der Waals surface area contributed by atoms with Gasteiger partial charge in [-0.05, 0) is 25.3 Å². The molecule has 2 amide bonds. The van der Waals surface area contributed by atoms with Crippen LogP contribution < -0.4 is 16.2 Å². The summed E-state index contributed by atoms with van der Waals surface area (Å²) in [6.45, 7) is 2.08. The minimum atomic E-state index is -0.724. The maximum atomic E-state index is 12.5. The van der Waals surface area contributed by atoms with Crippen molar-refractivity contribution in [2.24, 2.45) is 13.0 Å². The Hall–Kier alpha value is -3.01. The number of carbonyl (C=O) groups is 2. The molecule has 3 atom stereocenters. The van der Waals surface area contributed by atoms with Crippen molar-refractivity contribution in [2.75, 3.05) is 6.54 Å². The summed E-state index contributed by atoms with van der Waals surface area (Å²) >= 11 is 0. The fourth-order valence-corrected chi connectivity index (χ4v) is 3.41. The summed E-state index contributed by atoms with van der Waals surface area (Å²) in [6.07, 6.45) is 2.48. The SMILES string of the molecule is Cc1nc(CCNC(=O)[C@H]2CC[C@@H](O)[C@H](NC(=O)c3ccc(=O)n(C)c3)C2)no1. The molecule has 1 aliphatic rings. The van der Waals surface area contributed by atoms with Crippen molar-refractivity contribution >= 4 is 11.8 Å². The van der Waals surface area contributed by atoms with Crippen molar-refractivity contribution in [1.29, 1.82) is 0 Å². The fourth-order valence-electron chi connectivity index (χ4n) is 3.41.